The Labute approximate surface area is 137 Å². The van der Waals surface area contributed by atoms with Gasteiger partial charge < -0.3 is 10.1 Å². The van der Waals surface area contributed by atoms with Gasteiger partial charge >= 0.3 is 5.97 Å². The van der Waals surface area contributed by atoms with E-state index < -0.39 is 18.0 Å². The van der Waals surface area contributed by atoms with Crippen molar-refractivity contribution in [3.05, 3.63) is 63.6 Å². The summed E-state index contributed by atoms with van der Waals surface area (Å²) in [6, 6.07) is 11.8. The number of esters is 1. The molecule has 2 aromatic carbocycles. The number of carbonyl (C=O) groups excluding carboxylic acids is 2. The summed E-state index contributed by atoms with van der Waals surface area (Å²) in [6.07, 6.45) is -0.539. The van der Waals surface area contributed by atoms with E-state index in [1.165, 1.54) is 0 Å². The lowest BCUT2D eigenvalue weighted by Crippen LogP contribution is -2.37. The Morgan fingerprint density at radius 2 is 1.82 bits per heavy atom. The summed E-state index contributed by atoms with van der Waals surface area (Å²) >= 11 is 11.8. The topological polar surface area (TPSA) is 55.4 Å². The van der Waals surface area contributed by atoms with Crippen LogP contribution in [-0.2, 0) is 16.0 Å². The molecule has 1 atom stereocenters. The highest BCUT2D eigenvalue weighted by molar-refractivity contribution is 6.35. The third-order valence-electron chi connectivity index (χ3n) is 3.31. The second-order valence-corrected chi connectivity index (χ2v) is 5.78. The van der Waals surface area contributed by atoms with Crippen LogP contribution < -0.4 is 5.32 Å². The number of anilines is 1. The molecule has 1 N–H and O–H groups in total. The summed E-state index contributed by atoms with van der Waals surface area (Å²) < 4.78 is 5.19. The molecule has 2 aromatic rings. The molecule has 0 aliphatic carbocycles. The average molecular weight is 336 g/mol. The highest BCUT2D eigenvalue weighted by atomic mass is 35.5. The third-order valence-corrected chi connectivity index (χ3v) is 3.75. The normalized spacial score (nSPS) is 16.6. The zero-order valence-electron chi connectivity index (χ0n) is 11.3. The van der Waals surface area contributed by atoms with Crippen molar-refractivity contribution in [2.45, 2.75) is 12.5 Å². The van der Waals surface area contributed by atoms with Gasteiger partial charge in [-0.05, 0) is 29.8 Å². The van der Waals surface area contributed by atoms with Crippen LogP contribution in [0, 0.1) is 0 Å². The van der Waals surface area contributed by atoms with E-state index in [4.69, 9.17) is 27.9 Å². The van der Waals surface area contributed by atoms with E-state index in [1.807, 2.05) is 12.1 Å². The highest BCUT2D eigenvalue weighted by Crippen LogP contribution is 2.24. The van der Waals surface area contributed by atoms with Crippen molar-refractivity contribution in [3.63, 3.8) is 0 Å². The van der Waals surface area contributed by atoms with Crippen molar-refractivity contribution in [2.24, 2.45) is 0 Å². The maximum atomic E-state index is 12.3. The number of rotatable bonds is 2. The van der Waals surface area contributed by atoms with Crippen LogP contribution in [0.2, 0.25) is 10.0 Å². The summed E-state index contributed by atoms with van der Waals surface area (Å²) in [5.41, 5.74) is 1.75. The number of halogens is 2. The fourth-order valence-electron chi connectivity index (χ4n) is 2.33. The Balaban J connectivity index is 1.78. The van der Waals surface area contributed by atoms with Crippen molar-refractivity contribution in [1.82, 2.24) is 0 Å². The molecule has 4 nitrogen and oxygen atoms in total. The number of carbonyl (C=O) groups is 2. The van der Waals surface area contributed by atoms with E-state index in [9.17, 15) is 9.59 Å². The van der Waals surface area contributed by atoms with Crippen LogP contribution in [-0.4, -0.2) is 18.0 Å². The van der Waals surface area contributed by atoms with E-state index in [0.717, 1.165) is 5.56 Å². The quantitative estimate of drug-likeness (QED) is 0.851. The number of hydrogen-bond donors (Lipinski definition) is 1. The van der Waals surface area contributed by atoms with Crippen molar-refractivity contribution >= 4 is 40.8 Å². The molecule has 1 aliphatic heterocycles. The zero-order chi connectivity index (χ0) is 15.7. The Morgan fingerprint density at radius 1 is 1.14 bits per heavy atom. The minimum atomic E-state index is -0.875. The molecule has 6 heteroatoms. The molecular weight excluding hydrogens is 325 g/mol. The second kappa shape index (κ2) is 5.99. The largest absolute Gasteiger partial charge is 0.448 e. The first-order valence-electron chi connectivity index (χ1n) is 6.59. The van der Waals surface area contributed by atoms with Crippen LogP contribution in [0.1, 0.15) is 15.9 Å². The third kappa shape index (κ3) is 3.08. The Kier molecular flexibility index (Phi) is 4.05. The van der Waals surface area contributed by atoms with Crippen LogP contribution in [0.4, 0.5) is 5.69 Å². The van der Waals surface area contributed by atoms with Gasteiger partial charge in [0, 0.05) is 22.2 Å². The van der Waals surface area contributed by atoms with Crippen LogP contribution in [0.25, 0.3) is 0 Å². The van der Waals surface area contributed by atoms with Crippen molar-refractivity contribution in [2.75, 3.05) is 5.32 Å². The predicted octanol–water partition coefficient (Wildman–Crippen LogP) is 3.71. The summed E-state index contributed by atoms with van der Waals surface area (Å²) in [5.74, 6) is -0.910. The van der Waals surface area contributed by atoms with Crippen LogP contribution >= 0.6 is 23.2 Å². The molecule has 0 bridgehead atoms. The minimum Gasteiger partial charge on any atom is -0.448 e. The standard InChI is InChI=1S/C16H11Cl2NO3/c17-10-6-11(18)8-12(7-10)19-15(20)14-5-9-3-1-2-4-13(9)16(21)22-14/h1-4,6-8,14H,5H2,(H,19,20)/t14-/m0/s1. The Morgan fingerprint density at radius 3 is 2.55 bits per heavy atom. The minimum absolute atomic E-state index is 0.335. The summed E-state index contributed by atoms with van der Waals surface area (Å²) in [5, 5.41) is 3.48. The molecule has 0 saturated heterocycles. The fraction of sp³-hybridized carbons (Fsp3) is 0.125. The highest BCUT2D eigenvalue weighted by Gasteiger charge is 2.31. The van der Waals surface area contributed by atoms with Crippen LogP contribution in [0.15, 0.2) is 42.5 Å². The molecule has 0 unspecified atom stereocenters. The zero-order valence-corrected chi connectivity index (χ0v) is 12.8. The van der Waals surface area contributed by atoms with Gasteiger partial charge in [0.15, 0.2) is 6.10 Å². The Bertz CT molecular complexity index is 741. The smallest absolute Gasteiger partial charge is 0.339 e. The van der Waals surface area contributed by atoms with E-state index in [-0.39, 0.29) is 0 Å². The molecule has 0 fully saturated rings. The number of hydrogen-bond acceptors (Lipinski definition) is 3. The summed E-state index contributed by atoms with van der Waals surface area (Å²) in [6.45, 7) is 0. The molecule has 0 saturated carbocycles. The lowest BCUT2D eigenvalue weighted by Gasteiger charge is -2.23. The summed E-state index contributed by atoms with van der Waals surface area (Å²) in [4.78, 5) is 24.2. The molecule has 0 aromatic heterocycles. The van der Waals surface area contributed by atoms with Crippen LogP contribution in [0.3, 0.4) is 0 Å². The maximum Gasteiger partial charge on any atom is 0.339 e. The lowest BCUT2D eigenvalue weighted by atomic mass is 9.98. The first-order chi connectivity index (χ1) is 10.5. The molecular formula is C16H11Cl2NO3. The lowest BCUT2D eigenvalue weighted by molar-refractivity contribution is -0.125. The average Bonchev–Trinajstić information content (AvgIpc) is 2.46. The van der Waals surface area contributed by atoms with Gasteiger partial charge in [-0.25, -0.2) is 4.79 Å². The first-order valence-corrected chi connectivity index (χ1v) is 7.34. The van der Waals surface area contributed by atoms with Gasteiger partial charge in [-0.2, -0.15) is 0 Å². The maximum absolute atomic E-state index is 12.3. The number of ether oxygens (including phenoxy) is 1. The van der Waals surface area contributed by atoms with Gasteiger partial charge in [0.05, 0.1) is 5.56 Å². The number of cyclic esters (lactones) is 1. The number of nitrogens with one attached hydrogen (secondary N) is 1. The first kappa shape index (κ1) is 14.9. The second-order valence-electron chi connectivity index (χ2n) is 4.90. The van der Waals surface area contributed by atoms with Crippen molar-refractivity contribution < 1.29 is 14.3 Å². The molecule has 0 spiro atoms. The molecule has 112 valence electrons. The Hall–Kier alpha value is -2.04. The van der Waals surface area contributed by atoms with E-state index in [0.29, 0.717) is 27.7 Å². The SMILES string of the molecule is O=C1O[C@H](C(=O)Nc2cc(Cl)cc(Cl)c2)Cc2ccccc21. The number of fused-ring (bicyclic) bond motifs is 1. The van der Waals surface area contributed by atoms with Crippen LogP contribution in [0.5, 0.6) is 0 Å². The molecule has 22 heavy (non-hydrogen) atoms. The molecule has 0 radical (unpaired) electrons. The van der Waals surface area contributed by atoms with Crippen molar-refractivity contribution in [3.8, 4) is 0 Å². The van der Waals surface area contributed by atoms with E-state index >= 15 is 0 Å². The van der Waals surface area contributed by atoms with Crippen molar-refractivity contribution in [1.29, 1.82) is 0 Å². The number of amides is 1. The summed E-state index contributed by atoms with van der Waals surface area (Å²) in [7, 11) is 0. The fourth-order valence-corrected chi connectivity index (χ4v) is 2.85. The van der Waals surface area contributed by atoms with Gasteiger partial charge in [-0.15, -0.1) is 0 Å². The molecule has 1 aliphatic rings. The monoisotopic (exact) mass is 335 g/mol. The van der Waals surface area contributed by atoms with E-state index in [2.05, 4.69) is 5.32 Å². The molecule has 3 rings (SSSR count). The van der Waals surface area contributed by atoms with Gasteiger partial charge in [0.2, 0.25) is 0 Å². The van der Waals surface area contributed by atoms with Gasteiger partial charge in [-0.1, -0.05) is 41.4 Å². The van der Waals surface area contributed by atoms with Gasteiger partial charge in [-0.3, -0.25) is 4.79 Å². The molecule has 1 heterocycles. The van der Waals surface area contributed by atoms with Gasteiger partial charge in [0.1, 0.15) is 0 Å². The van der Waals surface area contributed by atoms with Gasteiger partial charge in [0.25, 0.3) is 5.91 Å². The van der Waals surface area contributed by atoms with E-state index in [1.54, 1.807) is 30.3 Å². The molecule has 1 amide bonds. The predicted molar refractivity (Wildman–Crippen MR) is 84.4 cm³/mol. The number of benzene rings is 2.